The molecule has 0 bridgehead atoms. The van der Waals surface area contributed by atoms with E-state index in [2.05, 4.69) is 9.88 Å². The van der Waals surface area contributed by atoms with Crippen LogP contribution < -0.4 is 10.6 Å². The molecule has 4 aromatic rings. The molecule has 0 saturated carbocycles. The summed E-state index contributed by atoms with van der Waals surface area (Å²) in [6.45, 7) is 3.96. The minimum atomic E-state index is -0.390. The van der Waals surface area contributed by atoms with Gasteiger partial charge in [0.25, 0.3) is 11.8 Å². The predicted octanol–water partition coefficient (Wildman–Crippen LogP) is 3.86. The molecule has 2 fully saturated rings. The van der Waals surface area contributed by atoms with Gasteiger partial charge >= 0.3 is 5.69 Å². The summed E-state index contributed by atoms with van der Waals surface area (Å²) in [5, 5.41) is 0. The number of methoxy groups -OCH3 is 1. The number of hydrogen-bond donors (Lipinski definition) is 0. The molecule has 3 amide bonds. The average molecular weight is 641 g/mol. The van der Waals surface area contributed by atoms with Crippen molar-refractivity contribution < 1.29 is 23.5 Å². The highest BCUT2D eigenvalue weighted by Gasteiger charge is 2.37. The Labute approximate surface area is 271 Å². The Kier molecular flexibility index (Phi) is 8.46. The average Bonchev–Trinajstić information content (AvgIpc) is 3.51. The van der Waals surface area contributed by atoms with Gasteiger partial charge in [-0.3, -0.25) is 28.4 Å². The lowest BCUT2D eigenvalue weighted by Gasteiger charge is -2.37. The van der Waals surface area contributed by atoms with E-state index < -0.39 is 0 Å². The van der Waals surface area contributed by atoms with Gasteiger partial charge in [0.2, 0.25) is 5.91 Å². The van der Waals surface area contributed by atoms with Crippen molar-refractivity contribution >= 4 is 34.6 Å². The van der Waals surface area contributed by atoms with E-state index in [-0.39, 0.29) is 41.2 Å². The molecule has 0 spiro atoms. The highest BCUT2D eigenvalue weighted by Crippen LogP contribution is 2.30. The molecular formula is C35H37FN6O5. The highest BCUT2D eigenvalue weighted by atomic mass is 19.1. The molecule has 5 heterocycles. The number of hydrogen-bond acceptors (Lipinski definition) is 7. The summed E-state index contributed by atoms with van der Waals surface area (Å²) in [6, 6.07) is 14.8. The van der Waals surface area contributed by atoms with E-state index >= 15 is 0 Å². The fraction of sp³-hybridized carbons (Fsp3) is 0.400. The number of nitrogens with zero attached hydrogens (tertiary/aromatic N) is 6. The number of ether oxygens (including phenoxy) is 1. The van der Waals surface area contributed by atoms with Crippen molar-refractivity contribution in [3.05, 3.63) is 93.8 Å². The summed E-state index contributed by atoms with van der Waals surface area (Å²) in [5.41, 5.74) is 2.80. The Morgan fingerprint density at radius 1 is 0.894 bits per heavy atom. The number of likely N-dealkylation sites (tertiary alicyclic amines) is 2. The number of imide groups is 1. The van der Waals surface area contributed by atoms with Crippen molar-refractivity contribution in [3.63, 3.8) is 0 Å². The molecule has 2 aromatic heterocycles. The SMILES string of the molecule is COCCn1c(=O)n(C2CCN(C(=O)C3CCN(Cc4ccnc(N5C(=O)c6ccccc6C5=O)c4)CC3)CC2)c2ccc(F)cc21. The minimum absolute atomic E-state index is 0.0594. The Bertz CT molecular complexity index is 1870. The number of carbonyl (C=O) groups excluding carboxylic acids is 3. The van der Waals surface area contributed by atoms with Crippen LogP contribution in [0.5, 0.6) is 0 Å². The van der Waals surface area contributed by atoms with Gasteiger partial charge < -0.3 is 9.64 Å². The van der Waals surface area contributed by atoms with Gasteiger partial charge in [0.05, 0.1) is 35.3 Å². The fourth-order valence-electron chi connectivity index (χ4n) is 7.28. The van der Waals surface area contributed by atoms with Gasteiger partial charge in [-0.2, -0.15) is 0 Å². The number of aromatic nitrogens is 3. The van der Waals surface area contributed by atoms with E-state index in [1.54, 1.807) is 58.8 Å². The van der Waals surface area contributed by atoms with E-state index in [9.17, 15) is 23.6 Å². The van der Waals surface area contributed by atoms with Crippen LogP contribution in [0.1, 0.15) is 58.0 Å². The Morgan fingerprint density at radius 2 is 1.60 bits per heavy atom. The molecule has 12 heteroatoms. The molecule has 0 N–H and O–H groups in total. The van der Waals surface area contributed by atoms with Crippen molar-refractivity contribution in [1.29, 1.82) is 0 Å². The van der Waals surface area contributed by atoms with E-state index in [0.717, 1.165) is 36.4 Å². The monoisotopic (exact) mass is 640 g/mol. The van der Waals surface area contributed by atoms with Gasteiger partial charge in [-0.1, -0.05) is 12.1 Å². The largest absolute Gasteiger partial charge is 0.383 e. The van der Waals surface area contributed by atoms with Crippen LogP contribution in [0.4, 0.5) is 10.2 Å². The molecule has 11 nitrogen and oxygen atoms in total. The molecule has 244 valence electrons. The first-order valence-corrected chi connectivity index (χ1v) is 16.2. The standard InChI is InChI=1S/C35H37FN6O5/c1-47-19-18-40-30-21-25(36)6-7-29(30)41(35(40)46)26-11-16-39(17-12-26)32(43)24-9-14-38(15-10-24)22-23-8-13-37-31(20-23)42-33(44)27-4-2-3-5-28(27)34(42)45/h2-8,13,20-21,24,26H,9-12,14-19,22H2,1H3. The van der Waals surface area contributed by atoms with E-state index in [1.165, 1.54) is 12.1 Å². The lowest BCUT2D eigenvalue weighted by Crippen LogP contribution is -2.46. The molecule has 0 radical (unpaired) electrons. The van der Waals surface area contributed by atoms with Crippen LogP contribution in [0.3, 0.4) is 0 Å². The summed E-state index contributed by atoms with van der Waals surface area (Å²) in [4.78, 5) is 62.5. The molecule has 0 aliphatic carbocycles. The smallest absolute Gasteiger partial charge is 0.329 e. The minimum Gasteiger partial charge on any atom is -0.383 e. The lowest BCUT2D eigenvalue weighted by atomic mass is 9.93. The second-order valence-electron chi connectivity index (χ2n) is 12.6. The Balaban J connectivity index is 0.945. The maximum Gasteiger partial charge on any atom is 0.329 e. The van der Waals surface area contributed by atoms with Crippen LogP contribution in [0.15, 0.2) is 65.6 Å². The van der Waals surface area contributed by atoms with E-state index in [1.807, 2.05) is 11.0 Å². The maximum atomic E-state index is 14.1. The summed E-state index contributed by atoms with van der Waals surface area (Å²) < 4.78 is 22.6. The molecule has 47 heavy (non-hydrogen) atoms. The molecule has 0 atom stereocenters. The first kappa shape index (κ1) is 30.9. The van der Waals surface area contributed by atoms with Gasteiger partial charge in [-0.25, -0.2) is 19.1 Å². The molecule has 7 rings (SSSR count). The van der Waals surface area contributed by atoms with Gasteiger partial charge in [0.15, 0.2) is 0 Å². The fourth-order valence-corrected chi connectivity index (χ4v) is 7.28. The summed E-state index contributed by atoms with van der Waals surface area (Å²) >= 11 is 0. The number of carbonyl (C=O) groups is 3. The maximum absolute atomic E-state index is 14.1. The highest BCUT2D eigenvalue weighted by molar-refractivity contribution is 6.34. The summed E-state index contributed by atoms with van der Waals surface area (Å²) in [5.74, 6) is -0.701. The predicted molar refractivity (Wildman–Crippen MR) is 173 cm³/mol. The van der Waals surface area contributed by atoms with Crippen molar-refractivity contribution in [2.24, 2.45) is 5.92 Å². The van der Waals surface area contributed by atoms with Crippen LogP contribution in [-0.2, 0) is 22.6 Å². The molecule has 3 aliphatic rings. The van der Waals surface area contributed by atoms with Crippen LogP contribution in [0, 0.1) is 11.7 Å². The van der Waals surface area contributed by atoms with Crippen molar-refractivity contribution in [3.8, 4) is 0 Å². The van der Waals surface area contributed by atoms with Crippen LogP contribution in [0.25, 0.3) is 11.0 Å². The zero-order chi connectivity index (χ0) is 32.7. The van der Waals surface area contributed by atoms with Gasteiger partial charge in [-0.05, 0) is 86.8 Å². The third-order valence-electron chi connectivity index (χ3n) is 9.76. The first-order chi connectivity index (χ1) is 22.8. The summed E-state index contributed by atoms with van der Waals surface area (Å²) in [7, 11) is 1.57. The van der Waals surface area contributed by atoms with Crippen LogP contribution in [-0.4, -0.2) is 81.5 Å². The number of fused-ring (bicyclic) bond motifs is 2. The second-order valence-corrected chi connectivity index (χ2v) is 12.6. The number of benzene rings is 2. The van der Waals surface area contributed by atoms with Crippen molar-refractivity contribution in [1.82, 2.24) is 23.9 Å². The molecule has 3 aliphatic heterocycles. The Morgan fingerprint density at radius 3 is 2.28 bits per heavy atom. The molecular weight excluding hydrogens is 603 g/mol. The Hall–Kier alpha value is -4.68. The number of rotatable bonds is 8. The number of imidazole rings is 1. The zero-order valence-electron chi connectivity index (χ0n) is 26.3. The molecule has 0 unspecified atom stereocenters. The number of amides is 3. The van der Waals surface area contributed by atoms with E-state index in [4.69, 9.17) is 4.74 Å². The normalized spacial score (nSPS) is 18.0. The second kappa shape index (κ2) is 12.8. The quantitative estimate of drug-likeness (QED) is 0.269. The van der Waals surface area contributed by atoms with Gasteiger partial charge in [0.1, 0.15) is 11.6 Å². The molecule has 2 saturated heterocycles. The zero-order valence-corrected chi connectivity index (χ0v) is 26.3. The number of halogens is 1. The third kappa shape index (κ3) is 5.76. The van der Waals surface area contributed by atoms with Gasteiger partial charge in [0, 0.05) is 44.9 Å². The number of anilines is 1. The number of piperidine rings is 2. The van der Waals surface area contributed by atoms with Gasteiger partial charge in [-0.15, -0.1) is 0 Å². The molecule has 2 aromatic carbocycles. The van der Waals surface area contributed by atoms with Crippen LogP contribution >= 0.6 is 0 Å². The van der Waals surface area contributed by atoms with Crippen molar-refractivity contribution in [2.75, 3.05) is 44.8 Å². The van der Waals surface area contributed by atoms with E-state index in [0.29, 0.717) is 73.6 Å². The van der Waals surface area contributed by atoms with Crippen molar-refractivity contribution in [2.45, 2.75) is 44.8 Å². The lowest BCUT2D eigenvalue weighted by molar-refractivity contribution is -0.138. The van der Waals surface area contributed by atoms with Crippen LogP contribution in [0.2, 0.25) is 0 Å². The topological polar surface area (TPSA) is 110 Å². The number of pyridine rings is 1. The summed E-state index contributed by atoms with van der Waals surface area (Å²) in [6.07, 6.45) is 4.42. The first-order valence-electron chi connectivity index (χ1n) is 16.2. The third-order valence-corrected chi connectivity index (χ3v) is 9.76.